The van der Waals surface area contributed by atoms with E-state index >= 15 is 0 Å². The number of alkyl halides is 4. The molecule has 2 heterocycles. The van der Waals surface area contributed by atoms with Crippen LogP contribution in [-0.2, 0) is 12.0 Å². The molecule has 2 aromatic carbocycles. The molecule has 0 spiro atoms. The summed E-state index contributed by atoms with van der Waals surface area (Å²) < 4.78 is 57.9. The highest BCUT2D eigenvalue weighted by Gasteiger charge is 2.45. The summed E-state index contributed by atoms with van der Waals surface area (Å²) in [5, 5.41) is 3.52. The van der Waals surface area contributed by atoms with Crippen LogP contribution in [0, 0.1) is 0 Å². The van der Waals surface area contributed by atoms with Gasteiger partial charge >= 0.3 is 18.6 Å². The maximum absolute atomic E-state index is 13.8. The summed E-state index contributed by atoms with van der Waals surface area (Å²) in [4.78, 5) is 20.1. The number of amides is 2. The molecule has 1 aliphatic rings. The van der Waals surface area contributed by atoms with Gasteiger partial charge in [-0.15, -0.1) is 0 Å². The molecule has 5 nitrogen and oxygen atoms in total. The first-order chi connectivity index (χ1) is 18.7. The molecule has 1 fully saturated rings. The van der Waals surface area contributed by atoms with Crippen molar-refractivity contribution >= 4 is 17.6 Å². The summed E-state index contributed by atoms with van der Waals surface area (Å²) in [5.41, 5.74) is 0.190. The van der Waals surface area contributed by atoms with Crippen molar-refractivity contribution < 1.29 is 27.1 Å². The minimum atomic E-state index is -4.69. The number of halogens is 5. The van der Waals surface area contributed by atoms with Crippen molar-refractivity contribution in [3.8, 4) is 5.75 Å². The van der Waals surface area contributed by atoms with Crippen LogP contribution in [0.1, 0.15) is 48.9 Å². The molecule has 4 rings (SSSR count). The lowest BCUT2D eigenvalue weighted by molar-refractivity contribution is -0.253. The Kier molecular flexibility index (Phi) is 9.32. The smallest absolute Gasteiger partial charge is 0.428 e. The van der Waals surface area contributed by atoms with E-state index in [0.717, 1.165) is 37.7 Å². The third-order valence-corrected chi connectivity index (χ3v) is 7.00. The molecule has 1 aliphatic heterocycles. The van der Waals surface area contributed by atoms with Crippen LogP contribution in [0.4, 0.5) is 22.4 Å². The molecule has 39 heavy (non-hydrogen) atoms. The summed E-state index contributed by atoms with van der Waals surface area (Å²) >= 11 is 6.12. The first kappa shape index (κ1) is 28.7. The molecule has 1 atom stereocenters. The number of nitrogens with one attached hydrogen (secondary N) is 1. The standard InChI is InChI=1S/C29H30ClF4N3O2/c30-23-14-15-25(35-20-23)28(19-21-10-5-4-6-11-21,36-27(38)37-16-7-2-1-3-8-17-37)22-12-9-13-24(18-22)39-29(33,34)26(31)32/h4-6,9-15,18,20,26H,1-3,7-8,16-17,19H2,(H,36,38)/t28-/m0/s1. The molecule has 10 heteroatoms. The van der Waals surface area contributed by atoms with Gasteiger partial charge in [0.25, 0.3) is 0 Å². The van der Waals surface area contributed by atoms with E-state index < -0.39 is 23.8 Å². The van der Waals surface area contributed by atoms with E-state index in [9.17, 15) is 22.4 Å². The summed E-state index contributed by atoms with van der Waals surface area (Å²) in [7, 11) is 0. The van der Waals surface area contributed by atoms with Gasteiger partial charge < -0.3 is 15.0 Å². The van der Waals surface area contributed by atoms with Gasteiger partial charge in [0, 0.05) is 25.7 Å². The van der Waals surface area contributed by atoms with Crippen LogP contribution in [0.3, 0.4) is 0 Å². The van der Waals surface area contributed by atoms with Gasteiger partial charge in [0.05, 0.1) is 10.7 Å². The van der Waals surface area contributed by atoms with Crippen molar-refractivity contribution in [3.05, 3.63) is 94.8 Å². The van der Waals surface area contributed by atoms with Gasteiger partial charge in [-0.3, -0.25) is 4.98 Å². The van der Waals surface area contributed by atoms with Crippen molar-refractivity contribution in [2.45, 2.75) is 56.6 Å². The van der Waals surface area contributed by atoms with Crippen molar-refractivity contribution in [2.24, 2.45) is 0 Å². The normalized spacial score (nSPS) is 16.2. The van der Waals surface area contributed by atoms with E-state index in [2.05, 4.69) is 15.0 Å². The minimum absolute atomic E-state index is 0.191. The van der Waals surface area contributed by atoms with Crippen molar-refractivity contribution in [1.82, 2.24) is 15.2 Å². The molecule has 0 saturated carbocycles. The first-order valence-electron chi connectivity index (χ1n) is 12.9. The Hall–Kier alpha value is -3.33. The molecule has 0 bridgehead atoms. The molecule has 0 unspecified atom stereocenters. The topological polar surface area (TPSA) is 54.5 Å². The number of rotatable bonds is 8. The van der Waals surface area contributed by atoms with Crippen LogP contribution in [0.2, 0.25) is 5.02 Å². The Morgan fingerprint density at radius 3 is 2.31 bits per heavy atom. The number of ether oxygens (including phenoxy) is 1. The molecule has 3 aromatic rings. The number of hydrogen-bond acceptors (Lipinski definition) is 3. The SMILES string of the molecule is O=C(N[C@@](Cc1ccccc1)(c1cccc(OC(F)(F)C(F)F)c1)c1ccc(Cl)cn1)N1CCCCCCC1. The average Bonchev–Trinajstić information content (AvgIpc) is 2.89. The third-order valence-electron chi connectivity index (χ3n) is 6.78. The number of likely N-dealkylation sites (tertiary alicyclic amines) is 1. The van der Waals surface area contributed by atoms with Crippen LogP contribution in [0.15, 0.2) is 72.9 Å². The van der Waals surface area contributed by atoms with Crippen LogP contribution < -0.4 is 10.1 Å². The second-order valence-electron chi connectivity index (χ2n) is 9.61. The Labute approximate surface area is 230 Å². The number of carbonyl (C=O) groups is 1. The largest absolute Gasteiger partial charge is 0.461 e. The number of pyridine rings is 1. The molecular weight excluding hydrogens is 534 g/mol. The molecule has 1 N–H and O–H groups in total. The van der Waals surface area contributed by atoms with E-state index in [0.29, 0.717) is 29.4 Å². The highest BCUT2D eigenvalue weighted by molar-refractivity contribution is 6.30. The van der Waals surface area contributed by atoms with Gasteiger partial charge in [0.1, 0.15) is 11.3 Å². The van der Waals surface area contributed by atoms with Gasteiger partial charge in [-0.2, -0.15) is 17.6 Å². The fourth-order valence-electron chi connectivity index (χ4n) is 4.79. The summed E-state index contributed by atoms with van der Waals surface area (Å²) in [5.74, 6) is -0.468. The van der Waals surface area contributed by atoms with Gasteiger partial charge in [-0.05, 0) is 48.2 Å². The first-order valence-corrected chi connectivity index (χ1v) is 13.3. The molecule has 0 radical (unpaired) electrons. The molecule has 208 valence electrons. The number of carbonyl (C=O) groups excluding carboxylic acids is 1. The molecular formula is C29H30ClF4N3O2. The molecule has 1 saturated heterocycles. The van der Waals surface area contributed by atoms with Gasteiger partial charge in [-0.1, -0.05) is 73.3 Å². The predicted octanol–water partition coefficient (Wildman–Crippen LogP) is 7.43. The third kappa shape index (κ3) is 7.20. The van der Waals surface area contributed by atoms with Crippen LogP contribution in [0.5, 0.6) is 5.75 Å². The Balaban J connectivity index is 1.83. The second-order valence-corrected chi connectivity index (χ2v) is 10.0. The maximum atomic E-state index is 13.8. The van der Waals surface area contributed by atoms with Gasteiger partial charge in [-0.25, -0.2) is 4.79 Å². The predicted molar refractivity (Wildman–Crippen MR) is 141 cm³/mol. The van der Waals surface area contributed by atoms with E-state index in [4.69, 9.17) is 11.6 Å². The molecule has 0 aliphatic carbocycles. The lowest BCUT2D eigenvalue weighted by Gasteiger charge is -2.38. The zero-order valence-corrected chi connectivity index (χ0v) is 22.0. The number of aromatic nitrogens is 1. The maximum Gasteiger partial charge on any atom is 0.461 e. The quantitative estimate of drug-likeness (QED) is 0.290. The fraction of sp³-hybridized carbons (Fsp3) is 0.379. The fourth-order valence-corrected chi connectivity index (χ4v) is 4.90. The van der Waals surface area contributed by atoms with Gasteiger partial charge in [0.15, 0.2) is 0 Å². The Bertz CT molecular complexity index is 1220. The second kappa shape index (κ2) is 12.7. The summed E-state index contributed by atoms with van der Waals surface area (Å²) in [6, 6.07) is 17.7. The monoisotopic (exact) mass is 563 g/mol. The van der Waals surface area contributed by atoms with E-state index in [-0.39, 0.29) is 12.5 Å². The van der Waals surface area contributed by atoms with Crippen LogP contribution in [0.25, 0.3) is 0 Å². The molecule has 2 amide bonds. The lowest BCUT2D eigenvalue weighted by Crippen LogP contribution is -2.54. The van der Waals surface area contributed by atoms with E-state index in [1.165, 1.54) is 24.4 Å². The minimum Gasteiger partial charge on any atom is -0.428 e. The number of nitrogens with zero attached hydrogens (tertiary/aromatic N) is 2. The Morgan fingerprint density at radius 2 is 1.67 bits per heavy atom. The van der Waals surface area contributed by atoms with E-state index in [1.54, 1.807) is 23.1 Å². The highest BCUT2D eigenvalue weighted by atomic mass is 35.5. The van der Waals surface area contributed by atoms with Crippen molar-refractivity contribution in [1.29, 1.82) is 0 Å². The number of hydrogen-bond donors (Lipinski definition) is 1. The highest BCUT2D eigenvalue weighted by Crippen LogP contribution is 2.37. The zero-order valence-electron chi connectivity index (χ0n) is 21.3. The van der Waals surface area contributed by atoms with Crippen LogP contribution >= 0.6 is 11.6 Å². The van der Waals surface area contributed by atoms with Crippen LogP contribution in [-0.4, -0.2) is 41.5 Å². The van der Waals surface area contributed by atoms with Crippen molar-refractivity contribution in [3.63, 3.8) is 0 Å². The van der Waals surface area contributed by atoms with E-state index in [1.807, 2.05) is 30.3 Å². The zero-order chi connectivity index (χ0) is 27.9. The summed E-state index contributed by atoms with van der Waals surface area (Å²) in [6.45, 7) is 1.15. The average molecular weight is 564 g/mol. The molecule has 1 aromatic heterocycles. The Morgan fingerprint density at radius 1 is 0.974 bits per heavy atom. The van der Waals surface area contributed by atoms with Crippen molar-refractivity contribution in [2.75, 3.05) is 13.1 Å². The summed E-state index contributed by atoms with van der Waals surface area (Å²) in [6.07, 6.45) is -2.18. The lowest BCUT2D eigenvalue weighted by atomic mass is 9.80. The number of benzene rings is 2. The number of urea groups is 1. The van der Waals surface area contributed by atoms with Gasteiger partial charge in [0.2, 0.25) is 0 Å².